The lowest BCUT2D eigenvalue weighted by Gasteiger charge is -2.24. The normalized spacial score (nSPS) is 17.9. The van der Waals surface area contributed by atoms with Crippen molar-refractivity contribution in [3.05, 3.63) is 63.4 Å². The number of nitrogens with zero attached hydrogens (tertiary/aromatic N) is 1. The number of aromatic nitrogens is 1. The third kappa shape index (κ3) is 4.09. The maximum absolute atomic E-state index is 12.3. The van der Waals surface area contributed by atoms with Crippen molar-refractivity contribution >= 4 is 29.0 Å². The predicted molar refractivity (Wildman–Crippen MR) is 90.3 cm³/mol. The first-order valence-electron chi connectivity index (χ1n) is 7.39. The fourth-order valence-corrected chi connectivity index (χ4v) is 2.87. The second-order valence-electron chi connectivity index (χ2n) is 5.38. The van der Waals surface area contributed by atoms with E-state index in [1.807, 2.05) is 18.2 Å². The first kappa shape index (κ1) is 16.4. The maximum Gasteiger partial charge on any atom is 0.168 e. The number of rotatable bonds is 4. The van der Waals surface area contributed by atoms with Gasteiger partial charge in [-0.1, -0.05) is 35.3 Å². The van der Waals surface area contributed by atoms with E-state index in [1.165, 1.54) is 6.20 Å². The Morgan fingerprint density at radius 2 is 2.17 bits per heavy atom. The van der Waals surface area contributed by atoms with Gasteiger partial charge in [0.05, 0.1) is 12.7 Å². The number of nitrogens with one attached hydrogen (secondary N) is 1. The molecule has 120 valence electrons. The molecule has 2 aromatic rings. The summed E-state index contributed by atoms with van der Waals surface area (Å²) in [5.74, 6) is -0.0422. The minimum Gasteiger partial charge on any atom is -0.371 e. The molecule has 1 saturated heterocycles. The molecule has 4 nitrogen and oxygen atoms in total. The standard InChI is InChI=1S/C17H16Cl2N2O2/c18-14-7-12(16-10-20-5-6-23-16)2-1-11(14)8-15(22)13-3-4-17(19)21-9-13/h1-4,7,9,16,20H,5-6,8,10H2/t16-/m1/s1. The first-order valence-corrected chi connectivity index (χ1v) is 8.14. The summed E-state index contributed by atoms with van der Waals surface area (Å²) in [7, 11) is 0. The van der Waals surface area contributed by atoms with Crippen LogP contribution >= 0.6 is 23.2 Å². The van der Waals surface area contributed by atoms with E-state index in [0.29, 0.717) is 22.3 Å². The average Bonchev–Trinajstić information content (AvgIpc) is 2.58. The number of pyridine rings is 1. The van der Waals surface area contributed by atoms with Crippen molar-refractivity contribution in [2.24, 2.45) is 0 Å². The number of benzene rings is 1. The molecule has 1 N–H and O–H groups in total. The highest BCUT2D eigenvalue weighted by atomic mass is 35.5. The number of carbonyl (C=O) groups is 1. The van der Waals surface area contributed by atoms with Gasteiger partial charge >= 0.3 is 0 Å². The molecule has 1 fully saturated rings. The number of morpholine rings is 1. The highest BCUT2D eigenvalue weighted by Crippen LogP contribution is 2.26. The van der Waals surface area contributed by atoms with Crippen LogP contribution < -0.4 is 5.32 Å². The van der Waals surface area contributed by atoms with Gasteiger partial charge in [0, 0.05) is 36.3 Å². The van der Waals surface area contributed by atoms with Crippen LogP contribution in [-0.4, -0.2) is 30.5 Å². The Morgan fingerprint density at radius 3 is 2.83 bits per heavy atom. The molecule has 0 aliphatic carbocycles. The highest BCUT2D eigenvalue weighted by molar-refractivity contribution is 6.31. The summed E-state index contributed by atoms with van der Waals surface area (Å²) in [5.41, 5.74) is 2.33. The average molecular weight is 351 g/mol. The largest absolute Gasteiger partial charge is 0.371 e. The molecule has 0 spiro atoms. The van der Waals surface area contributed by atoms with E-state index in [-0.39, 0.29) is 18.3 Å². The summed E-state index contributed by atoms with van der Waals surface area (Å²) in [6, 6.07) is 9.00. The number of Topliss-reactive ketones (excluding diaryl/α,β-unsaturated/α-hetero) is 1. The Labute approximate surface area is 144 Å². The molecular weight excluding hydrogens is 335 g/mol. The number of halogens is 2. The zero-order chi connectivity index (χ0) is 16.2. The Kier molecular flexibility index (Phi) is 5.28. The van der Waals surface area contributed by atoms with Gasteiger partial charge in [-0.3, -0.25) is 4.79 Å². The van der Waals surface area contributed by atoms with E-state index in [2.05, 4.69) is 10.3 Å². The number of ketones is 1. The molecule has 1 aromatic heterocycles. The van der Waals surface area contributed by atoms with Crippen molar-refractivity contribution in [3.63, 3.8) is 0 Å². The molecule has 23 heavy (non-hydrogen) atoms. The van der Waals surface area contributed by atoms with E-state index < -0.39 is 0 Å². The molecule has 3 rings (SSSR count). The highest BCUT2D eigenvalue weighted by Gasteiger charge is 2.17. The fraction of sp³-hybridized carbons (Fsp3) is 0.294. The van der Waals surface area contributed by atoms with Crippen LogP contribution in [-0.2, 0) is 11.2 Å². The van der Waals surface area contributed by atoms with Crippen LogP contribution in [0.5, 0.6) is 0 Å². The summed E-state index contributed by atoms with van der Waals surface area (Å²) in [5, 5.41) is 4.23. The lowest BCUT2D eigenvalue weighted by atomic mass is 10.0. The van der Waals surface area contributed by atoms with Crippen LogP contribution in [0.2, 0.25) is 10.2 Å². The third-order valence-electron chi connectivity index (χ3n) is 3.78. The quantitative estimate of drug-likeness (QED) is 0.677. The molecule has 1 atom stereocenters. The second-order valence-corrected chi connectivity index (χ2v) is 6.18. The van der Waals surface area contributed by atoms with Gasteiger partial charge in [0.2, 0.25) is 0 Å². The monoisotopic (exact) mass is 350 g/mol. The van der Waals surface area contributed by atoms with E-state index in [1.54, 1.807) is 12.1 Å². The van der Waals surface area contributed by atoms with Crippen LogP contribution in [0.15, 0.2) is 36.5 Å². The van der Waals surface area contributed by atoms with E-state index >= 15 is 0 Å². The second kappa shape index (κ2) is 7.41. The zero-order valence-electron chi connectivity index (χ0n) is 12.4. The Morgan fingerprint density at radius 1 is 1.30 bits per heavy atom. The van der Waals surface area contributed by atoms with Crippen LogP contribution in [0.1, 0.15) is 27.6 Å². The van der Waals surface area contributed by atoms with Crippen molar-refractivity contribution in [1.29, 1.82) is 0 Å². The predicted octanol–water partition coefficient (Wildman–Crippen LogP) is 3.47. The minimum absolute atomic E-state index is 0.00599. The van der Waals surface area contributed by atoms with Gasteiger partial charge in [-0.25, -0.2) is 4.98 Å². The summed E-state index contributed by atoms with van der Waals surface area (Å²) < 4.78 is 5.71. The summed E-state index contributed by atoms with van der Waals surface area (Å²) in [4.78, 5) is 16.2. The van der Waals surface area contributed by atoms with Gasteiger partial charge in [0.15, 0.2) is 5.78 Å². The van der Waals surface area contributed by atoms with Gasteiger partial charge in [-0.05, 0) is 29.3 Å². The van der Waals surface area contributed by atoms with Gasteiger partial charge in [0.25, 0.3) is 0 Å². The molecule has 0 unspecified atom stereocenters. The lowest BCUT2D eigenvalue weighted by Crippen LogP contribution is -2.33. The summed E-state index contributed by atoms with van der Waals surface area (Å²) in [6.07, 6.45) is 1.71. The van der Waals surface area contributed by atoms with Crippen LogP contribution in [0, 0.1) is 0 Å². The molecule has 0 amide bonds. The SMILES string of the molecule is O=C(Cc1ccc([C@H]2CNCCO2)cc1Cl)c1ccc(Cl)nc1. The summed E-state index contributed by atoms with van der Waals surface area (Å²) >= 11 is 12.1. The fourth-order valence-electron chi connectivity index (χ4n) is 2.50. The molecule has 1 aliphatic rings. The molecule has 0 radical (unpaired) electrons. The number of ether oxygens (including phenoxy) is 1. The topological polar surface area (TPSA) is 51.2 Å². The number of carbonyl (C=O) groups excluding carboxylic acids is 1. The molecule has 1 aliphatic heterocycles. The smallest absolute Gasteiger partial charge is 0.168 e. The third-order valence-corrected chi connectivity index (χ3v) is 4.35. The zero-order valence-corrected chi connectivity index (χ0v) is 13.9. The van der Waals surface area contributed by atoms with E-state index in [4.69, 9.17) is 27.9 Å². The van der Waals surface area contributed by atoms with Crippen molar-refractivity contribution < 1.29 is 9.53 Å². The number of hydrogen-bond acceptors (Lipinski definition) is 4. The lowest BCUT2D eigenvalue weighted by molar-refractivity contribution is 0.0277. The Balaban J connectivity index is 1.73. The van der Waals surface area contributed by atoms with Crippen molar-refractivity contribution in [2.75, 3.05) is 19.7 Å². The molecule has 2 heterocycles. The Bertz CT molecular complexity index is 698. The van der Waals surface area contributed by atoms with Gasteiger partial charge in [-0.2, -0.15) is 0 Å². The van der Waals surface area contributed by atoms with E-state index in [0.717, 1.165) is 24.2 Å². The van der Waals surface area contributed by atoms with Crippen molar-refractivity contribution in [1.82, 2.24) is 10.3 Å². The van der Waals surface area contributed by atoms with Crippen LogP contribution in [0.3, 0.4) is 0 Å². The van der Waals surface area contributed by atoms with Crippen molar-refractivity contribution in [2.45, 2.75) is 12.5 Å². The molecule has 0 saturated carbocycles. The van der Waals surface area contributed by atoms with Crippen LogP contribution in [0.25, 0.3) is 0 Å². The maximum atomic E-state index is 12.3. The van der Waals surface area contributed by atoms with Gasteiger partial charge in [0.1, 0.15) is 5.15 Å². The first-order chi connectivity index (χ1) is 11.1. The van der Waals surface area contributed by atoms with Crippen molar-refractivity contribution in [3.8, 4) is 0 Å². The van der Waals surface area contributed by atoms with Gasteiger partial charge < -0.3 is 10.1 Å². The molecular formula is C17H16Cl2N2O2. The molecule has 0 bridgehead atoms. The van der Waals surface area contributed by atoms with Crippen LogP contribution in [0.4, 0.5) is 0 Å². The van der Waals surface area contributed by atoms with Gasteiger partial charge in [-0.15, -0.1) is 0 Å². The minimum atomic E-state index is -0.0422. The van der Waals surface area contributed by atoms with E-state index in [9.17, 15) is 4.79 Å². The number of hydrogen-bond donors (Lipinski definition) is 1. The summed E-state index contributed by atoms with van der Waals surface area (Å²) in [6.45, 7) is 2.32. The molecule has 6 heteroatoms. The molecule has 1 aromatic carbocycles. The Hall–Kier alpha value is -1.46.